The number of nitro groups is 3. The van der Waals surface area contributed by atoms with Crippen LogP contribution in [0.15, 0.2) is 12.1 Å². The smallest absolute Gasteiger partial charge is 0.352 e. The van der Waals surface area contributed by atoms with E-state index in [9.17, 15) is 35.1 Å². The van der Waals surface area contributed by atoms with Crippen molar-refractivity contribution in [2.75, 3.05) is 26.2 Å². The Labute approximate surface area is 141 Å². The van der Waals surface area contributed by atoms with Crippen molar-refractivity contribution in [3.05, 3.63) is 48.0 Å². The maximum absolute atomic E-state index is 12.1. The van der Waals surface area contributed by atoms with E-state index in [4.69, 9.17) is 4.74 Å². The Bertz CT molecular complexity index is 666. The number of nitrogens with zero attached hydrogens (tertiary/aromatic N) is 4. The number of hydrogen-bond acceptors (Lipinski definition) is 9. The molecule has 0 spiro atoms. The average Bonchev–Trinajstić information content (AvgIpc) is 2.56. The van der Waals surface area contributed by atoms with Gasteiger partial charge in [0.1, 0.15) is 6.61 Å². The molecule has 136 valence electrons. The molecule has 0 unspecified atom stereocenters. The maximum atomic E-state index is 12.1. The van der Waals surface area contributed by atoms with Gasteiger partial charge in [-0.25, -0.2) is 4.79 Å². The third kappa shape index (κ3) is 4.91. The molecule has 0 saturated carbocycles. The molecule has 0 fully saturated rings. The van der Waals surface area contributed by atoms with E-state index >= 15 is 0 Å². The molecule has 1 aromatic carbocycles. The molecule has 0 aromatic heterocycles. The normalized spacial score (nSPS) is 10.5. The summed E-state index contributed by atoms with van der Waals surface area (Å²) in [4.78, 5) is 43.8. The highest BCUT2D eigenvalue weighted by atomic mass is 16.6. The van der Waals surface area contributed by atoms with Crippen LogP contribution in [0.2, 0.25) is 0 Å². The molecule has 0 saturated heterocycles. The molecule has 0 aliphatic carbocycles. The highest BCUT2D eigenvalue weighted by molar-refractivity contribution is 5.99. The van der Waals surface area contributed by atoms with Crippen molar-refractivity contribution in [1.82, 2.24) is 4.90 Å². The molecular weight excluding hydrogens is 340 g/mol. The zero-order chi connectivity index (χ0) is 19.1. The summed E-state index contributed by atoms with van der Waals surface area (Å²) in [6.45, 7) is 5.35. The lowest BCUT2D eigenvalue weighted by molar-refractivity contribution is -0.403. The number of ether oxygens (including phenoxy) is 1. The molecule has 0 radical (unpaired) electrons. The first-order valence-corrected chi connectivity index (χ1v) is 7.23. The highest BCUT2D eigenvalue weighted by Gasteiger charge is 2.35. The van der Waals surface area contributed by atoms with Gasteiger partial charge in [0.25, 0.3) is 17.1 Å². The third-order valence-corrected chi connectivity index (χ3v) is 3.42. The Morgan fingerprint density at radius 2 is 1.48 bits per heavy atom. The standard InChI is InChI=1S/C13H16N4O8/c1-3-14(4-2)5-6-25-13(18)12-10(16(21)22)7-9(15(19)20)8-11(12)17(23)24/h7-8H,3-6H2,1-2H3. The quantitative estimate of drug-likeness (QED) is 0.366. The predicted molar refractivity (Wildman–Crippen MR) is 84.5 cm³/mol. The van der Waals surface area contributed by atoms with Gasteiger partial charge in [0, 0.05) is 6.54 Å². The molecule has 0 N–H and O–H groups in total. The molecule has 0 atom stereocenters. The molecule has 1 aromatic rings. The van der Waals surface area contributed by atoms with E-state index in [-0.39, 0.29) is 6.61 Å². The number of esters is 1. The molecule has 0 bridgehead atoms. The third-order valence-electron chi connectivity index (χ3n) is 3.42. The minimum atomic E-state index is -1.28. The number of carbonyl (C=O) groups is 1. The minimum Gasteiger partial charge on any atom is -0.460 e. The molecule has 0 aliphatic heterocycles. The van der Waals surface area contributed by atoms with E-state index < -0.39 is 43.4 Å². The lowest BCUT2D eigenvalue weighted by Gasteiger charge is -2.17. The van der Waals surface area contributed by atoms with Gasteiger partial charge in [-0.1, -0.05) is 13.8 Å². The summed E-state index contributed by atoms with van der Waals surface area (Å²) in [5.74, 6) is -1.28. The van der Waals surface area contributed by atoms with Crippen molar-refractivity contribution < 1.29 is 24.3 Å². The van der Waals surface area contributed by atoms with Crippen LogP contribution in [0.3, 0.4) is 0 Å². The van der Waals surface area contributed by atoms with Gasteiger partial charge in [-0.2, -0.15) is 0 Å². The Morgan fingerprint density at radius 1 is 1.00 bits per heavy atom. The van der Waals surface area contributed by atoms with Crippen molar-refractivity contribution in [1.29, 1.82) is 0 Å². The van der Waals surface area contributed by atoms with Gasteiger partial charge in [-0.05, 0) is 13.1 Å². The molecular formula is C13H16N4O8. The summed E-state index contributed by atoms with van der Waals surface area (Å²) in [6.07, 6.45) is 0. The first-order valence-electron chi connectivity index (χ1n) is 7.23. The largest absolute Gasteiger partial charge is 0.460 e. The number of likely N-dealkylation sites (N-methyl/N-ethyl adjacent to an activating group) is 1. The van der Waals surface area contributed by atoms with Gasteiger partial charge < -0.3 is 9.64 Å². The second-order valence-electron chi connectivity index (χ2n) is 4.79. The van der Waals surface area contributed by atoms with Crippen LogP contribution in [0, 0.1) is 30.3 Å². The van der Waals surface area contributed by atoms with Crippen LogP contribution in [-0.2, 0) is 4.74 Å². The topological polar surface area (TPSA) is 159 Å². The van der Waals surface area contributed by atoms with Crippen molar-refractivity contribution in [2.45, 2.75) is 13.8 Å². The van der Waals surface area contributed by atoms with E-state index in [1.54, 1.807) is 0 Å². The average molecular weight is 356 g/mol. The predicted octanol–water partition coefficient (Wildman–Crippen LogP) is 1.91. The van der Waals surface area contributed by atoms with Crippen molar-refractivity contribution >= 4 is 23.0 Å². The van der Waals surface area contributed by atoms with Crippen molar-refractivity contribution in [2.24, 2.45) is 0 Å². The summed E-state index contributed by atoms with van der Waals surface area (Å²) in [5.41, 5.74) is -3.87. The van der Waals surface area contributed by atoms with Crippen LogP contribution in [0.4, 0.5) is 17.1 Å². The Balaban J connectivity index is 3.23. The molecule has 1 rings (SSSR count). The van der Waals surface area contributed by atoms with Crippen LogP contribution in [0.25, 0.3) is 0 Å². The van der Waals surface area contributed by atoms with Crippen molar-refractivity contribution in [3.63, 3.8) is 0 Å². The number of rotatable bonds is 9. The fourth-order valence-corrected chi connectivity index (χ4v) is 2.08. The van der Waals surface area contributed by atoms with Crippen LogP contribution in [0.1, 0.15) is 24.2 Å². The Kier molecular flexibility index (Phi) is 6.87. The molecule has 12 heteroatoms. The number of non-ortho nitro benzene ring substituents is 1. The van der Waals surface area contributed by atoms with Gasteiger partial charge in [0.2, 0.25) is 5.56 Å². The molecule has 0 heterocycles. The van der Waals surface area contributed by atoms with Crippen LogP contribution < -0.4 is 0 Å². The second kappa shape index (κ2) is 8.63. The lowest BCUT2D eigenvalue weighted by atomic mass is 10.1. The Morgan fingerprint density at radius 3 is 1.84 bits per heavy atom. The number of carbonyl (C=O) groups excluding carboxylic acids is 1. The second-order valence-corrected chi connectivity index (χ2v) is 4.79. The van der Waals surface area contributed by atoms with Gasteiger partial charge in [0.05, 0.1) is 26.9 Å². The number of benzene rings is 1. The zero-order valence-electron chi connectivity index (χ0n) is 13.5. The van der Waals surface area contributed by atoms with Gasteiger partial charge in [-0.15, -0.1) is 0 Å². The van der Waals surface area contributed by atoms with E-state index in [0.717, 1.165) is 0 Å². The minimum absolute atomic E-state index is 0.133. The Hall–Kier alpha value is -3.15. The molecule has 0 aliphatic rings. The SMILES string of the molecule is CCN(CC)CCOC(=O)c1c([N+](=O)[O-])cc([N+](=O)[O-])cc1[N+](=O)[O-]. The summed E-state index contributed by atoms with van der Waals surface area (Å²) >= 11 is 0. The molecule has 0 amide bonds. The first-order chi connectivity index (χ1) is 11.7. The number of nitro benzene ring substituents is 3. The summed E-state index contributed by atoms with van der Waals surface area (Å²) in [6, 6.07) is 0.988. The van der Waals surface area contributed by atoms with E-state index in [1.165, 1.54) is 0 Å². The monoisotopic (exact) mass is 356 g/mol. The van der Waals surface area contributed by atoms with E-state index in [2.05, 4.69) is 0 Å². The molecule has 12 nitrogen and oxygen atoms in total. The fraction of sp³-hybridized carbons (Fsp3) is 0.462. The van der Waals surface area contributed by atoms with Gasteiger partial charge >= 0.3 is 5.97 Å². The maximum Gasteiger partial charge on any atom is 0.352 e. The van der Waals surface area contributed by atoms with Gasteiger partial charge in [0.15, 0.2) is 0 Å². The summed E-state index contributed by atoms with van der Waals surface area (Å²) in [7, 11) is 0. The van der Waals surface area contributed by atoms with E-state index in [1.807, 2.05) is 18.7 Å². The number of hydrogen-bond donors (Lipinski definition) is 0. The molecule has 25 heavy (non-hydrogen) atoms. The van der Waals surface area contributed by atoms with Gasteiger partial charge in [-0.3, -0.25) is 30.3 Å². The van der Waals surface area contributed by atoms with Crippen LogP contribution in [0.5, 0.6) is 0 Å². The lowest BCUT2D eigenvalue weighted by Crippen LogP contribution is -2.28. The zero-order valence-corrected chi connectivity index (χ0v) is 13.5. The van der Waals surface area contributed by atoms with E-state index in [0.29, 0.717) is 31.8 Å². The van der Waals surface area contributed by atoms with Crippen LogP contribution >= 0.6 is 0 Å². The van der Waals surface area contributed by atoms with Crippen molar-refractivity contribution in [3.8, 4) is 0 Å². The highest BCUT2D eigenvalue weighted by Crippen LogP contribution is 2.34. The fourth-order valence-electron chi connectivity index (χ4n) is 2.08. The summed E-state index contributed by atoms with van der Waals surface area (Å²) in [5, 5.41) is 33.0. The first kappa shape index (κ1) is 19.9. The summed E-state index contributed by atoms with van der Waals surface area (Å²) < 4.78 is 4.88. The van der Waals surface area contributed by atoms with Crippen LogP contribution in [-0.4, -0.2) is 51.9 Å².